The lowest BCUT2D eigenvalue weighted by atomic mass is 10.1. The Balaban J connectivity index is 0.00000288. The van der Waals surface area contributed by atoms with Crippen molar-refractivity contribution in [1.82, 2.24) is 15.2 Å². The quantitative estimate of drug-likeness (QED) is 0.376. The molecule has 2 aromatic rings. The van der Waals surface area contributed by atoms with Crippen LogP contribution in [0.1, 0.15) is 12.5 Å². The van der Waals surface area contributed by atoms with Crippen LogP contribution in [0.3, 0.4) is 0 Å². The number of ether oxygens (including phenoxy) is 1. The molecule has 0 bridgehead atoms. The molecule has 0 spiro atoms. The summed E-state index contributed by atoms with van der Waals surface area (Å²) >= 11 is 0. The maximum Gasteiger partial charge on any atom is 0.191 e. The van der Waals surface area contributed by atoms with E-state index in [0.29, 0.717) is 6.61 Å². The molecule has 0 saturated heterocycles. The van der Waals surface area contributed by atoms with Crippen molar-refractivity contribution in [3.05, 3.63) is 54.4 Å². The van der Waals surface area contributed by atoms with Crippen LogP contribution in [0, 0.1) is 0 Å². The summed E-state index contributed by atoms with van der Waals surface area (Å²) < 4.78 is 7.79. The van der Waals surface area contributed by atoms with Crippen LogP contribution in [0.25, 0.3) is 0 Å². The number of benzene rings is 1. The molecule has 1 aromatic heterocycles. The first-order valence-corrected chi connectivity index (χ1v) is 8.09. The molecule has 0 atom stereocenters. The molecular weight excluding hydrogens is 415 g/mol. The molecular formula is C18H27IN4O. The lowest BCUT2D eigenvalue weighted by molar-refractivity contribution is 0.336. The van der Waals surface area contributed by atoms with Crippen LogP contribution in [0.2, 0.25) is 0 Å². The average Bonchev–Trinajstić information content (AvgIpc) is 3.08. The van der Waals surface area contributed by atoms with Gasteiger partial charge in [0, 0.05) is 39.1 Å². The first-order valence-electron chi connectivity index (χ1n) is 8.09. The molecule has 5 nitrogen and oxygen atoms in total. The van der Waals surface area contributed by atoms with Crippen LogP contribution in [0.5, 0.6) is 5.75 Å². The van der Waals surface area contributed by atoms with E-state index in [2.05, 4.69) is 38.7 Å². The molecule has 2 rings (SSSR count). The molecule has 24 heavy (non-hydrogen) atoms. The van der Waals surface area contributed by atoms with Crippen molar-refractivity contribution >= 4 is 29.9 Å². The van der Waals surface area contributed by atoms with Gasteiger partial charge >= 0.3 is 0 Å². The number of hydrogen-bond acceptors (Lipinski definition) is 2. The van der Waals surface area contributed by atoms with Crippen LogP contribution < -0.4 is 15.4 Å². The molecule has 1 aromatic carbocycles. The molecule has 1 heterocycles. The van der Waals surface area contributed by atoms with E-state index in [4.69, 9.17) is 4.74 Å². The highest BCUT2D eigenvalue weighted by atomic mass is 127. The average molecular weight is 442 g/mol. The molecule has 0 amide bonds. The van der Waals surface area contributed by atoms with E-state index in [0.717, 1.165) is 37.8 Å². The summed E-state index contributed by atoms with van der Waals surface area (Å²) in [5, 5.41) is 6.66. The summed E-state index contributed by atoms with van der Waals surface area (Å²) in [6, 6.07) is 12.2. The summed E-state index contributed by atoms with van der Waals surface area (Å²) in [4.78, 5) is 4.25. The third kappa shape index (κ3) is 6.82. The van der Waals surface area contributed by atoms with Gasteiger partial charge in [0.2, 0.25) is 0 Å². The van der Waals surface area contributed by atoms with Gasteiger partial charge in [-0.25, -0.2) is 0 Å². The summed E-state index contributed by atoms with van der Waals surface area (Å²) in [6.07, 6.45) is 5.01. The zero-order valence-corrected chi connectivity index (χ0v) is 16.7. The second-order valence-corrected chi connectivity index (χ2v) is 5.14. The van der Waals surface area contributed by atoms with Crippen LogP contribution in [-0.4, -0.2) is 37.3 Å². The first kappa shape index (κ1) is 20.3. The number of hydrogen-bond donors (Lipinski definition) is 2. The first-order chi connectivity index (χ1) is 11.3. The van der Waals surface area contributed by atoms with Gasteiger partial charge in [-0.05, 0) is 37.1 Å². The number of guanidine groups is 1. The van der Waals surface area contributed by atoms with Gasteiger partial charge in [0.1, 0.15) is 5.75 Å². The standard InChI is InChI=1S/C18H26N4O.HI/c1-3-23-17-9-5-4-8-16(17)10-11-20-18(19-2)21-12-15-22-13-6-7-14-22;/h4-9,13-14H,3,10-12,15H2,1-2H3,(H2,19,20,21);1H. The van der Waals surface area contributed by atoms with E-state index >= 15 is 0 Å². The monoisotopic (exact) mass is 442 g/mol. The minimum atomic E-state index is 0. The largest absolute Gasteiger partial charge is 0.494 e. The van der Waals surface area contributed by atoms with Crippen molar-refractivity contribution < 1.29 is 4.74 Å². The van der Waals surface area contributed by atoms with Crippen molar-refractivity contribution in [3.8, 4) is 5.75 Å². The Bertz CT molecular complexity index is 599. The number of halogens is 1. The van der Waals surface area contributed by atoms with Gasteiger partial charge in [0.25, 0.3) is 0 Å². The van der Waals surface area contributed by atoms with Gasteiger partial charge in [-0.1, -0.05) is 18.2 Å². The molecule has 0 aliphatic carbocycles. The third-order valence-corrected chi connectivity index (χ3v) is 3.51. The number of aromatic nitrogens is 1. The minimum Gasteiger partial charge on any atom is -0.494 e. The van der Waals surface area contributed by atoms with E-state index in [1.165, 1.54) is 5.56 Å². The molecule has 0 saturated carbocycles. The topological polar surface area (TPSA) is 50.6 Å². The number of aliphatic imine (C=N–C) groups is 1. The minimum absolute atomic E-state index is 0. The van der Waals surface area contributed by atoms with E-state index in [1.54, 1.807) is 7.05 Å². The van der Waals surface area contributed by atoms with Crippen LogP contribution in [0.4, 0.5) is 0 Å². The zero-order chi connectivity index (χ0) is 16.3. The lowest BCUT2D eigenvalue weighted by Gasteiger charge is -2.13. The highest BCUT2D eigenvalue weighted by Crippen LogP contribution is 2.17. The van der Waals surface area contributed by atoms with Crippen LogP contribution in [0.15, 0.2) is 53.8 Å². The van der Waals surface area contributed by atoms with Gasteiger partial charge < -0.3 is 19.9 Å². The Kier molecular flexibility index (Phi) is 9.98. The van der Waals surface area contributed by atoms with Gasteiger partial charge in [0.15, 0.2) is 5.96 Å². The van der Waals surface area contributed by atoms with Crippen LogP contribution >= 0.6 is 24.0 Å². The molecule has 0 aliphatic rings. The van der Waals surface area contributed by atoms with E-state index in [-0.39, 0.29) is 24.0 Å². The van der Waals surface area contributed by atoms with Crippen LogP contribution in [-0.2, 0) is 13.0 Å². The fourth-order valence-electron chi connectivity index (χ4n) is 2.37. The van der Waals surface area contributed by atoms with E-state index in [1.807, 2.05) is 37.3 Å². The maximum absolute atomic E-state index is 5.65. The Morgan fingerprint density at radius 2 is 1.79 bits per heavy atom. The fourth-order valence-corrected chi connectivity index (χ4v) is 2.37. The third-order valence-electron chi connectivity index (χ3n) is 3.51. The zero-order valence-electron chi connectivity index (χ0n) is 14.4. The summed E-state index contributed by atoms with van der Waals surface area (Å²) in [7, 11) is 1.79. The summed E-state index contributed by atoms with van der Waals surface area (Å²) in [6.45, 7) is 5.26. The van der Waals surface area contributed by atoms with Crippen molar-refractivity contribution in [2.24, 2.45) is 4.99 Å². The van der Waals surface area contributed by atoms with E-state index < -0.39 is 0 Å². The van der Waals surface area contributed by atoms with Crippen molar-refractivity contribution in [1.29, 1.82) is 0 Å². The lowest BCUT2D eigenvalue weighted by Crippen LogP contribution is -2.39. The molecule has 6 heteroatoms. The highest BCUT2D eigenvalue weighted by Gasteiger charge is 2.03. The predicted octanol–water partition coefficient (Wildman–Crippen LogP) is 2.91. The molecule has 132 valence electrons. The fraction of sp³-hybridized carbons (Fsp3) is 0.389. The Labute approximate surface area is 161 Å². The normalized spacial score (nSPS) is 10.8. The number of rotatable bonds is 8. The second kappa shape index (κ2) is 11.8. The molecule has 0 fully saturated rings. The van der Waals surface area contributed by atoms with Gasteiger partial charge in [-0.2, -0.15) is 0 Å². The van der Waals surface area contributed by atoms with Crippen molar-refractivity contribution in [3.63, 3.8) is 0 Å². The maximum atomic E-state index is 5.65. The Hall–Kier alpha value is -1.70. The molecule has 0 aliphatic heterocycles. The van der Waals surface area contributed by atoms with Gasteiger partial charge in [0.05, 0.1) is 6.61 Å². The molecule has 0 radical (unpaired) electrons. The van der Waals surface area contributed by atoms with Gasteiger partial charge in [-0.15, -0.1) is 24.0 Å². The number of nitrogens with zero attached hydrogens (tertiary/aromatic N) is 2. The van der Waals surface area contributed by atoms with Gasteiger partial charge in [-0.3, -0.25) is 4.99 Å². The summed E-state index contributed by atoms with van der Waals surface area (Å²) in [5.74, 6) is 1.79. The predicted molar refractivity (Wildman–Crippen MR) is 111 cm³/mol. The number of para-hydroxylation sites is 1. The molecule has 0 unspecified atom stereocenters. The Morgan fingerprint density at radius 3 is 2.50 bits per heavy atom. The molecule has 2 N–H and O–H groups in total. The van der Waals surface area contributed by atoms with E-state index in [9.17, 15) is 0 Å². The smallest absolute Gasteiger partial charge is 0.191 e. The number of nitrogens with one attached hydrogen (secondary N) is 2. The SMILES string of the molecule is CCOc1ccccc1CCNC(=NC)NCCn1cccc1.I. The van der Waals surface area contributed by atoms with Crippen molar-refractivity contribution in [2.75, 3.05) is 26.7 Å². The Morgan fingerprint density at radius 1 is 1.08 bits per heavy atom. The second-order valence-electron chi connectivity index (χ2n) is 5.14. The van der Waals surface area contributed by atoms with Crippen molar-refractivity contribution in [2.45, 2.75) is 19.9 Å². The highest BCUT2D eigenvalue weighted by molar-refractivity contribution is 14.0. The summed E-state index contributed by atoms with van der Waals surface area (Å²) in [5.41, 5.74) is 1.21.